The van der Waals surface area contributed by atoms with Crippen molar-refractivity contribution in [1.82, 2.24) is 14.8 Å². The predicted octanol–water partition coefficient (Wildman–Crippen LogP) is 6.68. The highest BCUT2D eigenvalue weighted by Crippen LogP contribution is 2.36. The van der Waals surface area contributed by atoms with Gasteiger partial charge in [0, 0.05) is 10.6 Å². The van der Waals surface area contributed by atoms with Crippen LogP contribution in [0.1, 0.15) is 25.3 Å². The van der Waals surface area contributed by atoms with E-state index in [1.807, 2.05) is 38.1 Å². The molecule has 0 aliphatic rings. The number of para-hydroxylation sites is 1. The topological polar surface area (TPSA) is 30.7 Å². The van der Waals surface area contributed by atoms with Crippen LogP contribution in [0, 0.1) is 0 Å². The van der Waals surface area contributed by atoms with E-state index in [0.717, 1.165) is 11.3 Å². The fraction of sp³-hybridized carbons (Fsp3) is 0.222. The van der Waals surface area contributed by atoms with Crippen molar-refractivity contribution in [2.45, 2.75) is 30.7 Å². The molecule has 0 unspecified atom stereocenters. The number of alkyl halides is 2. The number of hydrogen-bond donors (Lipinski definition) is 0. The molecule has 1 aromatic heterocycles. The largest absolute Gasteiger partial charge is 0.291 e. The van der Waals surface area contributed by atoms with Gasteiger partial charge in [0.2, 0.25) is 5.16 Å². The third-order valence-electron chi connectivity index (χ3n) is 3.80. The van der Waals surface area contributed by atoms with Crippen molar-refractivity contribution in [3.63, 3.8) is 0 Å². The maximum atomic E-state index is 13.1. The van der Waals surface area contributed by atoms with Crippen LogP contribution in [-0.4, -0.2) is 20.5 Å². The van der Waals surface area contributed by atoms with E-state index < -0.39 is 5.76 Å². The van der Waals surface area contributed by atoms with E-state index in [2.05, 4.69) is 10.2 Å². The van der Waals surface area contributed by atoms with Gasteiger partial charge >= 0.3 is 0 Å². The Morgan fingerprint density at radius 2 is 1.77 bits per heavy atom. The summed E-state index contributed by atoms with van der Waals surface area (Å²) in [5, 5.41) is 9.08. The second kappa shape index (κ2) is 7.94. The van der Waals surface area contributed by atoms with Crippen LogP contribution < -0.4 is 0 Å². The summed E-state index contributed by atoms with van der Waals surface area (Å²) >= 11 is 12.6. The molecule has 0 spiro atoms. The van der Waals surface area contributed by atoms with Gasteiger partial charge in [-0.15, -0.1) is 10.2 Å². The van der Waals surface area contributed by atoms with Crippen LogP contribution in [-0.2, 0) is 0 Å². The van der Waals surface area contributed by atoms with Crippen molar-refractivity contribution in [2.24, 2.45) is 0 Å². The molecule has 0 aliphatic heterocycles. The first kappa shape index (κ1) is 19.1. The lowest BCUT2D eigenvalue weighted by Gasteiger charge is -2.17. The van der Waals surface area contributed by atoms with Gasteiger partial charge in [0.05, 0.1) is 10.7 Å². The minimum Gasteiger partial charge on any atom is -0.270 e. The molecule has 0 aliphatic carbocycles. The highest BCUT2D eigenvalue weighted by molar-refractivity contribution is 7.99. The molecule has 0 radical (unpaired) electrons. The molecule has 3 rings (SSSR count). The predicted molar refractivity (Wildman–Crippen MR) is 103 cm³/mol. The lowest BCUT2D eigenvalue weighted by atomic mass is 10.0. The summed E-state index contributed by atoms with van der Waals surface area (Å²) in [6.07, 6.45) is 0. The van der Waals surface area contributed by atoms with E-state index in [1.165, 1.54) is 0 Å². The Labute approximate surface area is 164 Å². The molecule has 0 bridgehead atoms. The molecule has 26 heavy (non-hydrogen) atoms. The van der Waals surface area contributed by atoms with Crippen LogP contribution in [0.5, 0.6) is 0 Å². The summed E-state index contributed by atoms with van der Waals surface area (Å²) in [4.78, 5) is 0. The molecule has 8 heteroatoms. The summed E-state index contributed by atoms with van der Waals surface area (Å²) < 4.78 is 27.7. The highest BCUT2D eigenvalue weighted by Gasteiger charge is 2.23. The van der Waals surface area contributed by atoms with E-state index in [4.69, 9.17) is 23.2 Å². The molecule has 0 amide bonds. The van der Waals surface area contributed by atoms with Gasteiger partial charge in [-0.1, -0.05) is 55.2 Å². The first-order valence-electron chi connectivity index (χ1n) is 7.83. The number of halogens is 4. The zero-order valence-corrected chi connectivity index (χ0v) is 16.3. The smallest absolute Gasteiger partial charge is 0.270 e. The standard InChI is InChI=1S/C18H15Cl2F2N3S/c1-10(2)12-5-3-4-6-15(12)25-16(23-24-18(25)26-17(21)22)13-8-7-11(19)9-14(13)20/h3-10,17H,1-2H3. The SMILES string of the molecule is CC(C)c1ccccc1-n1c(SC(F)F)nnc1-c1ccc(Cl)cc1Cl. The van der Waals surface area contributed by atoms with Gasteiger partial charge in [-0.2, -0.15) is 8.78 Å². The molecule has 0 saturated carbocycles. The van der Waals surface area contributed by atoms with Crippen LogP contribution in [0.2, 0.25) is 10.0 Å². The van der Waals surface area contributed by atoms with Crippen LogP contribution in [0.4, 0.5) is 8.78 Å². The quantitative estimate of drug-likeness (QED) is 0.437. The Balaban J connectivity index is 2.27. The Hall–Kier alpha value is -1.63. The van der Waals surface area contributed by atoms with Crippen molar-refractivity contribution in [1.29, 1.82) is 0 Å². The van der Waals surface area contributed by atoms with Crippen molar-refractivity contribution in [3.8, 4) is 17.1 Å². The fourth-order valence-electron chi connectivity index (χ4n) is 2.67. The Kier molecular flexibility index (Phi) is 5.85. The summed E-state index contributed by atoms with van der Waals surface area (Å²) in [5.41, 5.74) is 2.31. The molecule has 1 heterocycles. The van der Waals surface area contributed by atoms with Gasteiger partial charge in [-0.25, -0.2) is 0 Å². The lowest BCUT2D eigenvalue weighted by molar-refractivity contribution is 0.251. The molecular formula is C18H15Cl2F2N3S. The summed E-state index contributed by atoms with van der Waals surface area (Å²) in [6.45, 7) is 4.08. The second-order valence-corrected chi connectivity index (χ2v) is 7.66. The third kappa shape index (κ3) is 3.87. The molecule has 3 aromatic rings. The molecule has 3 nitrogen and oxygen atoms in total. The Morgan fingerprint density at radius 3 is 2.42 bits per heavy atom. The van der Waals surface area contributed by atoms with E-state index in [1.54, 1.807) is 22.8 Å². The van der Waals surface area contributed by atoms with E-state index in [-0.39, 0.29) is 11.1 Å². The summed E-state index contributed by atoms with van der Waals surface area (Å²) in [7, 11) is 0. The highest BCUT2D eigenvalue weighted by atomic mass is 35.5. The van der Waals surface area contributed by atoms with Gasteiger partial charge in [-0.3, -0.25) is 4.57 Å². The van der Waals surface area contributed by atoms with Crippen molar-refractivity contribution in [2.75, 3.05) is 0 Å². The summed E-state index contributed by atoms with van der Waals surface area (Å²) in [6, 6.07) is 12.6. The maximum absolute atomic E-state index is 13.1. The number of thioether (sulfide) groups is 1. The van der Waals surface area contributed by atoms with E-state index in [0.29, 0.717) is 33.2 Å². The minimum absolute atomic E-state index is 0.106. The molecule has 0 fully saturated rings. The van der Waals surface area contributed by atoms with Gasteiger partial charge in [0.25, 0.3) is 5.76 Å². The van der Waals surface area contributed by atoms with Crippen molar-refractivity contribution >= 4 is 35.0 Å². The lowest BCUT2D eigenvalue weighted by Crippen LogP contribution is -2.05. The van der Waals surface area contributed by atoms with Gasteiger partial charge in [0.1, 0.15) is 0 Å². The normalized spacial score (nSPS) is 11.5. The number of aromatic nitrogens is 3. The minimum atomic E-state index is -2.61. The van der Waals surface area contributed by atoms with Crippen LogP contribution in [0.25, 0.3) is 17.1 Å². The Morgan fingerprint density at radius 1 is 1.04 bits per heavy atom. The number of hydrogen-bond acceptors (Lipinski definition) is 3. The van der Waals surface area contributed by atoms with Crippen molar-refractivity contribution in [3.05, 3.63) is 58.1 Å². The van der Waals surface area contributed by atoms with E-state index >= 15 is 0 Å². The zero-order valence-electron chi connectivity index (χ0n) is 14.0. The van der Waals surface area contributed by atoms with Gasteiger partial charge in [0.15, 0.2) is 5.82 Å². The third-order valence-corrected chi connectivity index (χ3v) is 5.00. The van der Waals surface area contributed by atoms with Crippen LogP contribution in [0.15, 0.2) is 47.6 Å². The zero-order chi connectivity index (χ0) is 18.8. The van der Waals surface area contributed by atoms with E-state index in [9.17, 15) is 8.78 Å². The van der Waals surface area contributed by atoms with Gasteiger partial charge < -0.3 is 0 Å². The molecule has 0 saturated heterocycles. The second-order valence-electron chi connectivity index (χ2n) is 5.86. The molecular weight excluding hydrogens is 399 g/mol. The summed E-state index contributed by atoms with van der Waals surface area (Å²) in [5.74, 6) is -2.04. The number of benzene rings is 2. The average Bonchev–Trinajstić information content (AvgIpc) is 2.97. The van der Waals surface area contributed by atoms with Gasteiger partial charge in [-0.05, 0) is 47.5 Å². The fourth-order valence-corrected chi connectivity index (χ4v) is 3.70. The monoisotopic (exact) mass is 413 g/mol. The van der Waals surface area contributed by atoms with Crippen molar-refractivity contribution < 1.29 is 8.78 Å². The first-order chi connectivity index (χ1) is 12.4. The first-order valence-corrected chi connectivity index (χ1v) is 9.47. The number of rotatable bonds is 5. The maximum Gasteiger partial charge on any atom is 0.291 e. The Bertz CT molecular complexity index is 929. The average molecular weight is 414 g/mol. The number of nitrogens with zero attached hydrogens (tertiary/aromatic N) is 3. The van der Waals surface area contributed by atoms with Crippen LogP contribution in [0.3, 0.4) is 0 Å². The molecule has 0 N–H and O–H groups in total. The molecule has 136 valence electrons. The molecule has 2 aromatic carbocycles. The van der Waals surface area contributed by atoms with Crippen LogP contribution >= 0.6 is 35.0 Å². The molecule has 0 atom stereocenters.